The minimum Gasteiger partial charge on any atom is -0.480 e. The molecule has 0 aliphatic rings. The number of halogens is 1. The molecule has 18 heavy (non-hydrogen) atoms. The van der Waals surface area contributed by atoms with E-state index in [2.05, 4.69) is 21.2 Å². The van der Waals surface area contributed by atoms with Gasteiger partial charge in [-0.05, 0) is 31.5 Å². The number of carboxylic acid groups (broad SMARTS) is 1. The zero-order chi connectivity index (χ0) is 13.9. The molecule has 0 aliphatic carbocycles. The number of aliphatic hydroxyl groups excluding tert-OH is 1. The lowest BCUT2D eigenvalue weighted by Crippen LogP contribution is -2.47. The zero-order valence-corrected chi connectivity index (χ0v) is 11.6. The summed E-state index contributed by atoms with van der Waals surface area (Å²) < 4.78 is 0.763. The molecule has 6 heteroatoms. The molecule has 0 bridgehead atoms. The minimum absolute atomic E-state index is 0.372. The molecule has 0 heterocycles. The van der Waals surface area contributed by atoms with Crippen molar-refractivity contribution in [1.29, 1.82) is 0 Å². The van der Waals surface area contributed by atoms with Gasteiger partial charge in [0.15, 0.2) is 6.04 Å². The highest BCUT2D eigenvalue weighted by molar-refractivity contribution is 9.10. The van der Waals surface area contributed by atoms with Crippen LogP contribution in [0.3, 0.4) is 0 Å². The van der Waals surface area contributed by atoms with Crippen LogP contribution in [0.25, 0.3) is 0 Å². The van der Waals surface area contributed by atoms with Crippen molar-refractivity contribution in [1.82, 2.24) is 5.32 Å². The first-order chi connectivity index (χ1) is 8.34. The molecule has 98 valence electrons. The standard InChI is InChI=1S/C12H14BrNO4/c1-6-8(4-3-5-9(6)13)11(16)14-10(7(2)15)12(17)18/h3-5,7,10,15H,1-2H3,(H,14,16)(H,17,18). The summed E-state index contributed by atoms with van der Waals surface area (Å²) in [5.74, 6) is -1.80. The van der Waals surface area contributed by atoms with Gasteiger partial charge in [-0.1, -0.05) is 22.0 Å². The second-order valence-corrected chi connectivity index (χ2v) is 4.80. The third-order valence-corrected chi connectivity index (χ3v) is 3.41. The van der Waals surface area contributed by atoms with Crippen LogP contribution in [0.2, 0.25) is 0 Å². The Balaban J connectivity index is 2.94. The van der Waals surface area contributed by atoms with E-state index in [-0.39, 0.29) is 0 Å². The number of rotatable bonds is 4. The average molecular weight is 316 g/mol. The second kappa shape index (κ2) is 5.97. The topological polar surface area (TPSA) is 86.6 Å². The SMILES string of the molecule is Cc1c(Br)cccc1C(=O)NC(C(=O)O)C(C)O. The lowest BCUT2D eigenvalue weighted by molar-refractivity contribution is -0.141. The van der Waals surface area contributed by atoms with Crippen LogP contribution in [0, 0.1) is 6.92 Å². The molecule has 2 unspecified atom stereocenters. The maximum absolute atomic E-state index is 11.9. The van der Waals surface area contributed by atoms with Gasteiger partial charge in [-0.15, -0.1) is 0 Å². The first-order valence-electron chi connectivity index (χ1n) is 5.31. The van der Waals surface area contributed by atoms with Gasteiger partial charge in [-0.3, -0.25) is 4.79 Å². The Morgan fingerprint density at radius 2 is 2.00 bits per heavy atom. The molecular weight excluding hydrogens is 302 g/mol. The Bertz CT molecular complexity index is 473. The summed E-state index contributed by atoms with van der Waals surface area (Å²) in [5.41, 5.74) is 1.08. The Morgan fingerprint density at radius 1 is 1.39 bits per heavy atom. The van der Waals surface area contributed by atoms with Crippen LogP contribution < -0.4 is 5.32 Å². The highest BCUT2D eigenvalue weighted by Crippen LogP contribution is 2.19. The van der Waals surface area contributed by atoms with Crippen LogP contribution in [-0.2, 0) is 4.79 Å². The smallest absolute Gasteiger partial charge is 0.328 e. The van der Waals surface area contributed by atoms with Crippen molar-refractivity contribution >= 4 is 27.8 Å². The summed E-state index contributed by atoms with van der Waals surface area (Å²) in [6.07, 6.45) is -1.17. The fourth-order valence-electron chi connectivity index (χ4n) is 1.46. The van der Waals surface area contributed by atoms with Crippen LogP contribution in [0.5, 0.6) is 0 Å². The molecule has 0 aromatic heterocycles. The number of aliphatic carboxylic acids is 1. The third kappa shape index (κ3) is 3.30. The Kier molecular flexibility index (Phi) is 4.86. The molecule has 0 aliphatic heterocycles. The Hall–Kier alpha value is -1.40. The number of nitrogens with one attached hydrogen (secondary N) is 1. The van der Waals surface area contributed by atoms with Gasteiger partial charge < -0.3 is 15.5 Å². The summed E-state index contributed by atoms with van der Waals surface area (Å²) in [6.45, 7) is 3.06. The summed E-state index contributed by atoms with van der Waals surface area (Å²) in [4.78, 5) is 22.8. The molecule has 0 radical (unpaired) electrons. The highest BCUT2D eigenvalue weighted by atomic mass is 79.9. The van der Waals surface area contributed by atoms with Crippen molar-refractivity contribution in [2.24, 2.45) is 0 Å². The van der Waals surface area contributed by atoms with Gasteiger partial charge in [-0.25, -0.2) is 4.79 Å². The molecule has 2 atom stereocenters. The van der Waals surface area contributed by atoms with Gasteiger partial charge in [0.1, 0.15) is 0 Å². The monoisotopic (exact) mass is 315 g/mol. The van der Waals surface area contributed by atoms with Gasteiger partial charge in [0.25, 0.3) is 5.91 Å². The van der Waals surface area contributed by atoms with Crippen LogP contribution in [0.1, 0.15) is 22.8 Å². The van der Waals surface area contributed by atoms with Gasteiger partial charge in [-0.2, -0.15) is 0 Å². The normalized spacial score (nSPS) is 13.8. The van der Waals surface area contributed by atoms with E-state index < -0.39 is 24.0 Å². The van der Waals surface area contributed by atoms with Crippen LogP contribution in [0.4, 0.5) is 0 Å². The van der Waals surface area contributed by atoms with Crippen LogP contribution >= 0.6 is 15.9 Å². The van der Waals surface area contributed by atoms with Crippen molar-refractivity contribution in [3.63, 3.8) is 0 Å². The number of carboxylic acids is 1. The molecule has 3 N–H and O–H groups in total. The van der Waals surface area contributed by atoms with Gasteiger partial charge in [0.05, 0.1) is 6.10 Å². The molecule has 0 spiro atoms. The first-order valence-corrected chi connectivity index (χ1v) is 6.10. The van der Waals surface area contributed by atoms with Crippen molar-refractivity contribution in [3.05, 3.63) is 33.8 Å². The molecule has 5 nitrogen and oxygen atoms in total. The number of hydrogen-bond donors (Lipinski definition) is 3. The van der Waals surface area contributed by atoms with Gasteiger partial charge in [0, 0.05) is 10.0 Å². The lowest BCUT2D eigenvalue weighted by Gasteiger charge is -2.17. The number of hydrogen-bond acceptors (Lipinski definition) is 3. The van der Waals surface area contributed by atoms with E-state index in [0.29, 0.717) is 11.1 Å². The number of carbonyl (C=O) groups is 2. The van der Waals surface area contributed by atoms with Crippen molar-refractivity contribution < 1.29 is 19.8 Å². The van der Waals surface area contributed by atoms with Crippen molar-refractivity contribution in [3.8, 4) is 0 Å². The molecular formula is C12H14BrNO4. The predicted molar refractivity (Wildman–Crippen MR) is 69.4 cm³/mol. The number of aliphatic hydroxyl groups is 1. The fraction of sp³-hybridized carbons (Fsp3) is 0.333. The largest absolute Gasteiger partial charge is 0.480 e. The molecule has 0 saturated heterocycles. The maximum Gasteiger partial charge on any atom is 0.328 e. The summed E-state index contributed by atoms with van der Waals surface area (Å²) >= 11 is 3.29. The minimum atomic E-state index is -1.32. The third-order valence-electron chi connectivity index (χ3n) is 2.55. The second-order valence-electron chi connectivity index (χ2n) is 3.94. The van der Waals surface area contributed by atoms with E-state index in [1.165, 1.54) is 6.92 Å². The quantitative estimate of drug-likeness (QED) is 0.782. The average Bonchev–Trinajstić information content (AvgIpc) is 2.28. The molecule has 1 aromatic rings. The first kappa shape index (κ1) is 14.7. The van der Waals surface area contributed by atoms with E-state index in [4.69, 9.17) is 5.11 Å². The van der Waals surface area contributed by atoms with Crippen molar-refractivity contribution in [2.45, 2.75) is 26.0 Å². The lowest BCUT2D eigenvalue weighted by atomic mass is 10.1. The number of amides is 1. The van der Waals surface area contributed by atoms with E-state index in [1.807, 2.05) is 0 Å². The Labute approximate surface area is 113 Å². The molecule has 1 aromatic carbocycles. The maximum atomic E-state index is 11.9. The highest BCUT2D eigenvalue weighted by Gasteiger charge is 2.26. The summed E-state index contributed by atoms with van der Waals surface area (Å²) in [5, 5.41) is 20.5. The van der Waals surface area contributed by atoms with E-state index in [1.54, 1.807) is 25.1 Å². The van der Waals surface area contributed by atoms with Crippen molar-refractivity contribution in [2.75, 3.05) is 0 Å². The van der Waals surface area contributed by atoms with Gasteiger partial charge >= 0.3 is 5.97 Å². The zero-order valence-electron chi connectivity index (χ0n) is 9.98. The molecule has 1 amide bonds. The van der Waals surface area contributed by atoms with Crippen LogP contribution in [0.15, 0.2) is 22.7 Å². The fourth-order valence-corrected chi connectivity index (χ4v) is 1.83. The van der Waals surface area contributed by atoms with Crippen LogP contribution in [-0.4, -0.2) is 34.2 Å². The summed E-state index contributed by atoms with van der Waals surface area (Å²) in [6, 6.07) is 3.74. The number of carbonyl (C=O) groups excluding carboxylic acids is 1. The Morgan fingerprint density at radius 3 is 2.50 bits per heavy atom. The van der Waals surface area contributed by atoms with E-state index in [9.17, 15) is 14.7 Å². The molecule has 1 rings (SSSR count). The molecule has 0 saturated carbocycles. The number of benzene rings is 1. The van der Waals surface area contributed by atoms with Gasteiger partial charge in [0.2, 0.25) is 0 Å². The molecule has 0 fully saturated rings. The van der Waals surface area contributed by atoms with E-state index in [0.717, 1.165) is 4.47 Å². The predicted octanol–water partition coefficient (Wildman–Crippen LogP) is 1.32. The van der Waals surface area contributed by atoms with E-state index >= 15 is 0 Å². The summed E-state index contributed by atoms with van der Waals surface area (Å²) in [7, 11) is 0.